The minimum atomic E-state index is 1.25. The number of hydrogen-bond acceptors (Lipinski definition) is 1. The Bertz CT molecular complexity index is 657. The van der Waals surface area contributed by atoms with Crippen molar-refractivity contribution in [1.29, 1.82) is 0 Å². The van der Waals surface area contributed by atoms with Gasteiger partial charge in [0.2, 0.25) is 0 Å². The molecule has 0 aliphatic carbocycles. The molecule has 0 amide bonds. The number of unbranched alkanes of at least 4 members (excludes halogenated alkanes) is 18. The van der Waals surface area contributed by atoms with E-state index in [0.717, 1.165) is 0 Å². The minimum absolute atomic E-state index is 1.25. The van der Waals surface area contributed by atoms with E-state index in [1.54, 1.807) is 0 Å². The maximum absolute atomic E-state index is 3.96. The molecule has 1 N–H and O–H groups in total. The van der Waals surface area contributed by atoms with Gasteiger partial charge >= 0.3 is 0 Å². The third-order valence-corrected chi connectivity index (χ3v) is 13.8. The van der Waals surface area contributed by atoms with Crippen molar-refractivity contribution in [3.63, 3.8) is 0 Å². The molecule has 6 heterocycles. The molecule has 5 nitrogen and oxygen atoms in total. The highest BCUT2D eigenvalue weighted by Crippen LogP contribution is 2.29. The number of fused-ring (bicyclic) bond motifs is 6. The lowest BCUT2D eigenvalue weighted by atomic mass is 10.0. The summed E-state index contributed by atoms with van der Waals surface area (Å²) in [7, 11) is 0. The Morgan fingerprint density at radius 3 is 0.778 bits per heavy atom. The third-order valence-electron chi connectivity index (χ3n) is 13.8. The fourth-order valence-electron chi connectivity index (χ4n) is 9.86. The first-order valence-electron chi connectivity index (χ1n) is 21.2. The summed E-state index contributed by atoms with van der Waals surface area (Å²) < 4.78 is 5.82. The zero-order valence-corrected chi connectivity index (χ0v) is 31.2. The number of rotatable bonds is 28. The highest BCUT2D eigenvalue weighted by Gasteiger charge is 2.49. The largest absolute Gasteiger partial charge is 0.310 e. The van der Waals surface area contributed by atoms with Crippen LogP contribution >= 0.6 is 0 Å². The Morgan fingerprint density at radius 1 is 0.289 bits per heavy atom. The van der Waals surface area contributed by atoms with E-state index in [4.69, 9.17) is 0 Å². The second-order valence-electron chi connectivity index (χ2n) is 17.1. The molecule has 0 aromatic rings. The first kappa shape index (κ1) is 37.6. The van der Waals surface area contributed by atoms with Crippen LogP contribution in [0.4, 0.5) is 0 Å². The third kappa shape index (κ3) is 12.6. The van der Waals surface area contributed by atoms with E-state index < -0.39 is 0 Å². The van der Waals surface area contributed by atoms with Crippen LogP contribution in [-0.4, -0.2) is 136 Å². The van der Waals surface area contributed by atoms with Gasteiger partial charge in [0.1, 0.15) is 78.5 Å². The van der Waals surface area contributed by atoms with Gasteiger partial charge in [0.25, 0.3) is 0 Å². The molecule has 0 aromatic carbocycles. The van der Waals surface area contributed by atoms with Crippen LogP contribution in [0.25, 0.3) is 0 Å². The van der Waals surface area contributed by atoms with Gasteiger partial charge < -0.3 is 23.2 Å². The van der Waals surface area contributed by atoms with Crippen molar-refractivity contribution in [3.05, 3.63) is 0 Å². The van der Waals surface area contributed by atoms with Gasteiger partial charge in [-0.3, -0.25) is 0 Å². The molecule has 6 rings (SSSR count). The Kier molecular flexibility index (Phi) is 17.0. The monoisotopic (exact) mass is 634 g/mol. The summed E-state index contributed by atoms with van der Waals surface area (Å²) in [4.78, 5) is 0. The first-order chi connectivity index (χ1) is 22.1. The van der Waals surface area contributed by atoms with Gasteiger partial charge in [-0.1, -0.05) is 117 Å². The maximum atomic E-state index is 3.96. The Balaban J connectivity index is 0.977. The molecule has 264 valence electrons. The van der Waals surface area contributed by atoms with Gasteiger partial charge in [-0.2, -0.15) is 0 Å². The topological polar surface area (TPSA) is 12.0 Å². The van der Waals surface area contributed by atoms with Gasteiger partial charge in [0, 0.05) is 13.1 Å². The van der Waals surface area contributed by atoms with Gasteiger partial charge in [0.15, 0.2) is 0 Å². The summed E-state index contributed by atoms with van der Waals surface area (Å²) in [6, 6.07) is 0. The fraction of sp³-hybridized carbons (Fsp3) is 1.00. The van der Waals surface area contributed by atoms with E-state index in [1.807, 2.05) is 0 Å². The van der Waals surface area contributed by atoms with E-state index in [-0.39, 0.29) is 0 Å². The zero-order chi connectivity index (χ0) is 31.6. The molecule has 0 saturated carbocycles. The number of hydrogen-bond donors (Lipinski definition) is 1. The van der Waals surface area contributed by atoms with Crippen LogP contribution in [0.15, 0.2) is 0 Å². The van der Waals surface area contributed by atoms with Gasteiger partial charge in [0.05, 0.1) is 26.2 Å². The molecule has 6 saturated heterocycles. The Labute approximate surface area is 282 Å². The summed E-state index contributed by atoms with van der Waals surface area (Å²) in [5.74, 6) is 0. The number of piperazine rings is 6. The molecular weight excluding hydrogens is 550 g/mol. The SMILES string of the molecule is CCCCCCCCCCCC[N+]12CC[N+](CCNCC[N+]34CC[N+](CCCCCCCCCCCC)(CC3)CC4)(CC1)CC2. The van der Waals surface area contributed by atoms with Crippen molar-refractivity contribution in [2.45, 2.75) is 142 Å². The molecule has 0 atom stereocenters. The molecule has 45 heavy (non-hydrogen) atoms. The zero-order valence-electron chi connectivity index (χ0n) is 31.2. The second-order valence-corrected chi connectivity index (χ2v) is 17.1. The first-order valence-corrected chi connectivity index (χ1v) is 21.2. The fourth-order valence-corrected chi connectivity index (χ4v) is 9.86. The van der Waals surface area contributed by atoms with Crippen LogP contribution in [0.3, 0.4) is 0 Å². The maximum Gasteiger partial charge on any atom is 0.129 e. The number of nitrogens with zero attached hydrogens (tertiary/aromatic N) is 4. The number of nitrogens with one attached hydrogen (secondary N) is 1. The lowest BCUT2D eigenvalue weighted by Gasteiger charge is -2.56. The molecular formula is C40H83N5+4. The molecule has 0 aromatic heterocycles. The Hall–Kier alpha value is -0.200. The van der Waals surface area contributed by atoms with Gasteiger partial charge in [-0.05, 0) is 25.7 Å². The molecule has 6 aliphatic heterocycles. The van der Waals surface area contributed by atoms with Crippen LogP contribution in [0.5, 0.6) is 0 Å². The predicted octanol–water partition coefficient (Wildman–Crippen LogP) is 7.74. The van der Waals surface area contributed by atoms with Crippen molar-refractivity contribution in [2.24, 2.45) is 0 Å². The van der Waals surface area contributed by atoms with E-state index in [9.17, 15) is 0 Å². The molecule has 6 fully saturated rings. The summed E-state index contributed by atoms with van der Waals surface area (Å²) in [5.41, 5.74) is 0. The van der Waals surface area contributed by atoms with Crippen molar-refractivity contribution in [3.8, 4) is 0 Å². The molecule has 0 radical (unpaired) electrons. The summed E-state index contributed by atoms with van der Waals surface area (Å²) >= 11 is 0. The average molecular weight is 634 g/mol. The van der Waals surface area contributed by atoms with Crippen molar-refractivity contribution in [2.75, 3.05) is 118 Å². The molecule has 0 spiro atoms. The quantitative estimate of drug-likeness (QED) is 0.0687. The van der Waals surface area contributed by atoms with Crippen LogP contribution < -0.4 is 5.32 Å². The summed E-state index contributed by atoms with van der Waals surface area (Å²) in [5, 5.41) is 3.96. The smallest absolute Gasteiger partial charge is 0.129 e. The summed E-state index contributed by atoms with van der Waals surface area (Å²) in [6.07, 6.45) is 29.3. The highest BCUT2D eigenvalue weighted by atomic mass is 15.5. The van der Waals surface area contributed by atoms with Crippen LogP contribution in [0.2, 0.25) is 0 Å². The second kappa shape index (κ2) is 20.3. The predicted molar refractivity (Wildman–Crippen MR) is 195 cm³/mol. The van der Waals surface area contributed by atoms with Gasteiger partial charge in [-0.15, -0.1) is 0 Å². The lowest BCUT2D eigenvalue weighted by molar-refractivity contribution is -1.08. The molecule has 4 bridgehead atoms. The van der Waals surface area contributed by atoms with E-state index >= 15 is 0 Å². The standard InChI is InChI=1S/C40H83N5/c1-3-5-7-9-11-13-15-17-19-21-25-42-29-35-44(36-30-42,37-31-42)27-23-41-24-28-45-38-32-43(33-39-45,34-40-45)26-22-20-18-16-14-12-10-8-6-4-2/h41H,3-40H2,1-2H3/q+4. The van der Waals surface area contributed by atoms with Crippen molar-refractivity contribution < 1.29 is 17.9 Å². The normalized spacial score (nSPS) is 30.8. The van der Waals surface area contributed by atoms with E-state index in [1.165, 1.54) is 264 Å². The van der Waals surface area contributed by atoms with Crippen LogP contribution in [0, 0.1) is 0 Å². The van der Waals surface area contributed by atoms with Gasteiger partial charge in [-0.25, -0.2) is 0 Å². The van der Waals surface area contributed by atoms with Crippen LogP contribution in [-0.2, 0) is 0 Å². The van der Waals surface area contributed by atoms with Crippen molar-refractivity contribution in [1.82, 2.24) is 5.32 Å². The number of quaternary nitrogens is 4. The van der Waals surface area contributed by atoms with E-state index in [2.05, 4.69) is 19.2 Å². The molecule has 5 heteroatoms. The molecule has 6 aliphatic rings. The average Bonchev–Trinajstić information content (AvgIpc) is 3.08. The molecule has 0 unspecified atom stereocenters. The van der Waals surface area contributed by atoms with E-state index in [0.29, 0.717) is 0 Å². The minimum Gasteiger partial charge on any atom is -0.310 e. The Morgan fingerprint density at radius 2 is 0.511 bits per heavy atom. The lowest BCUT2D eigenvalue weighted by Crippen LogP contribution is -2.76. The van der Waals surface area contributed by atoms with Crippen LogP contribution in [0.1, 0.15) is 142 Å². The van der Waals surface area contributed by atoms with Crippen molar-refractivity contribution >= 4 is 0 Å². The summed E-state index contributed by atoms with van der Waals surface area (Å²) in [6.45, 7) is 30.4. The highest BCUT2D eigenvalue weighted by molar-refractivity contribution is 4.66.